The van der Waals surface area contributed by atoms with E-state index in [4.69, 9.17) is 0 Å². The summed E-state index contributed by atoms with van der Waals surface area (Å²) < 4.78 is 64.8. The number of carboxylic acids is 1. The lowest BCUT2D eigenvalue weighted by molar-refractivity contribution is -0.144. The topological polar surface area (TPSA) is 71.4 Å². The van der Waals surface area contributed by atoms with Gasteiger partial charge in [0.05, 0.1) is 22.1 Å². The SMILES string of the molecule is CCS(=O)(=O)c1ccccc1C1=CC(C(F)(F)F)=CCC1(C)C(C)C(=O)O. The van der Waals surface area contributed by atoms with Crippen molar-refractivity contribution < 1.29 is 31.5 Å². The summed E-state index contributed by atoms with van der Waals surface area (Å²) in [4.78, 5) is 11.5. The molecular weight excluding hydrogens is 381 g/mol. The molecule has 0 amide bonds. The average molecular weight is 402 g/mol. The zero-order valence-electron chi connectivity index (χ0n) is 15.2. The molecule has 2 atom stereocenters. The first-order chi connectivity index (χ1) is 12.3. The molecule has 1 aliphatic carbocycles. The lowest BCUT2D eigenvalue weighted by Gasteiger charge is -2.39. The van der Waals surface area contributed by atoms with Crippen LogP contribution >= 0.6 is 0 Å². The van der Waals surface area contributed by atoms with Crippen LogP contribution in [0.1, 0.15) is 32.8 Å². The molecule has 0 spiro atoms. The van der Waals surface area contributed by atoms with Gasteiger partial charge in [0.2, 0.25) is 0 Å². The molecule has 0 heterocycles. The molecule has 1 aromatic carbocycles. The van der Waals surface area contributed by atoms with Crippen molar-refractivity contribution in [1.29, 1.82) is 0 Å². The highest BCUT2D eigenvalue weighted by Crippen LogP contribution is 2.50. The van der Waals surface area contributed by atoms with E-state index >= 15 is 0 Å². The number of aliphatic carboxylic acids is 1. The van der Waals surface area contributed by atoms with Crippen molar-refractivity contribution in [2.45, 2.75) is 38.3 Å². The van der Waals surface area contributed by atoms with E-state index in [0.717, 1.165) is 12.2 Å². The van der Waals surface area contributed by atoms with Gasteiger partial charge in [0.25, 0.3) is 0 Å². The van der Waals surface area contributed by atoms with Gasteiger partial charge in [-0.3, -0.25) is 4.79 Å². The Hall–Kier alpha value is -2.09. The first-order valence-electron chi connectivity index (χ1n) is 8.39. The van der Waals surface area contributed by atoms with E-state index < -0.39 is 38.9 Å². The number of hydrogen-bond donors (Lipinski definition) is 1. The summed E-state index contributed by atoms with van der Waals surface area (Å²) in [6.07, 6.45) is -2.92. The molecule has 0 saturated heterocycles. The second-order valence-electron chi connectivity index (χ2n) is 6.80. The maximum atomic E-state index is 13.3. The van der Waals surface area contributed by atoms with E-state index in [-0.39, 0.29) is 28.2 Å². The van der Waals surface area contributed by atoms with Crippen LogP contribution in [0.3, 0.4) is 0 Å². The van der Waals surface area contributed by atoms with Crippen LogP contribution in [-0.2, 0) is 14.6 Å². The normalized spacial score (nSPS) is 22.0. The van der Waals surface area contributed by atoms with Crippen LogP contribution in [0.15, 0.2) is 46.9 Å². The highest BCUT2D eigenvalue weighted by Gasteiger charge is 2.45. The third kappa shape index (κ3) is 3.95. The summed E-state index contributed by atoms with van der Waals surface area (Å²) in [5.74, 6) is -2.40. The standard InChI is InChI=1S/C19H21F3O4S/c1-4-27(25,26)16-8-6-5-7-14(16)15-11-13(19(20,21)22)9-10-18(15,3)12(2)17(23)24/h5-9,11-12H,4,10H2,1-3H3,(H,23,24). The minimum atomic E-state index is -4.61. The van der Waals surface area contributed by atoms with Crippen molar-refractivity contribution in [3.05, 3.63) is 47.6 Å². The molecule has 2 rings (SSSR count). The largest absolute Gasteiger partial charge is 0.481 e. The minimum absolute atomic E-state index is 0.0693. The molecule has 1 aliphatic rings. The van der Waals surface area contributed by atoms with Crippen LogP contribution < -0.4 is 0 Å². The van der Waals surface area contributed by atoms with Crippen LogP contribution in [0.2, 0.25) is 0 Å². The predicted molar refractivity (Wildman–Crippen MR) is 95.8 cm³/mol. The fraction of sp³-hybridized carbons (Fsp3) is 0.421. The lowest BCUT2D eigenvalue weighted by Crippen LogP contribution is -2.35. The predicted octanol–water partition coefficient (Wildman–Crippen LogP) is 4.48. The molecule has 4 nitrogen and oxygen atoms in total. The molecule has 0 bridgehead atoms. The molecule has 1 N–H and O–H groups in total. The Balaban J connectivity index is 2.80. The van der Waals surface area contributed by atoms with Crippen molar-refractivity contribution in [3.8, 4) is 0 Å². The smallest absolute Gasteiger partial charge is 0.416 e. The Morgan fingerprint density at radius 3 is 2.41 bits per heavy atom. The van der Waals surface area contributed by atoms with E-state index in [9.17, 15) is 31.5 Å². The molecule has 2 unspecified atom stereocenters. The molecule has 8 heteroatoms. The molecule has 0 radical (unpaired) electrons. The van der Waals surface area contributed by atoms with Crippen LogP contribution in [-0.4, -0.2) is 31.4 Å². The van der Waals surface area contributed by atoms with Crippen molar-refractivity contribution in [1.82, 2.24) is 0 Å². The summed E-state index contributed by atoms with van der Waals surface area (Å²) in [5, 5.41) is 9.48. The Morgan fingerprint density at radius 2 is 1.89 bits per heavy atom. The van der Waals surface area contributed by atoms with Gasteiger partial charge >= 0.3 is 12.1 Å². The Labute approximate surface area is 156 Å². The summed E-state index contributed by atoms with van der Waals surface area (Å²) in [7, 11) is -3.72. The van der Waals surface area contributed by atoms with Gasteiger partial charge in [-0.25, -0.2) is 8.42 Å². The molecule has 148 valence electrons. The van der Waals surface area contributed by atoms with Gasteiger partial charge in [-0.15, -0.1) is 0 Å². The fourth-order valence-corrected chi connectivity index (χ4v) is 4.30. The van der Waals surface area contributed by atoms with E-state index in [0.29, 0.717) is 0 Å². The molecular formula is C19H21F3O4S. The van der Waals surface area contributed by atoms with Crippen molar-refractivity contribution in [2.75, 3.05) is 5.75 Å². The summed E-state index contributed by atoms with van der Waals surface area (Å²) in [6, 6.07) is 5.79. The molecule has 1 aromatic rings. The second kappa shape index (κ2) is 7.14. The van der Waals surface area contributed by atoms with Crippen LogP contribution in [0, 0.1) is 11.3 Å². The number of hydrogen-bond acceptors (Lipinski definition) is 3. The number of rotatable bonds is 5. The third-order valence-electron chi connectivity index (χ3n) is 5.21. The Kier molecular flexibility index (Phi) is 5.61. The summed E-state index contributed by atoms with van der Waals surface area (Å²) >= 11 is 0. The molecule has 0 aliphatic heterocycles. The third-order valence-corrected chi connectivity index (χ3v) is 6.99. The molecule has 0 aromatic heterocycles. The van der Waals surface area contributed by atoms with Crippen LogP contribution in [0.5, 0.6) is 0 Å². The zero-order chi connectivity index (χ0) is 20.6. The lowest BCUT2D eigenvalue weighted by atomic mass is 9.65. The number of alkyl halides is 3. The van der Waals surface area contributed by atoms with E-state index in [1.165, 1.54) is 38.1 Å². The van der Waals surface area contributed by atoms with E-state index in [2.05, 4.69) is 0 Å². The summed E-state index contributed by atoms with van der Waals surface area (Å²) in [6.45, 7) is 4.41. The number of carbonyl (C=O) groups is 1. The van der Waals surface area contributed by atoms with Crippen LogP contribution in [0.4, 0.5) is 13.2 Å². The maximum Gasteiger partial charge on any atom is 0.416 e. The number of benzene rings is 1. The van der Waals surface area contributed by atoms with Gasteiger partial charge in [-0.2, -0.15) is 13.2 Å². The number of halogens is 3. The summed E-state index contributed by atoms with van der Waals surface area (Å²) in [5.41, 5.74) is -1.92. The molecule has 27 heavy (non-hydrogen) atoms. The maximum absolute atomic E-state index is 13.3. The highest BCUT2D eigenvalue weighted by molar-refractivity contribution is 7.91. The molecule has 0 saturated carbocycles. The van der Waals surface area contributed by atoms with Crippen molar-refractivity contribution in [3.63, 3.8) is 0 Å². The quantitative estimate of drug-likeness (QED) is 0.788. The fourth-order valence-electron chi connectivity index (χ4n) is 3.19. The number of allylic oxidation sites excluding steroid dienone is 4. The number of carboxylic acid groups (broad SMARTS) is 1. The van der Waals surface area contributed by atoms with Crippen molar-refractivity contribution >= 4 is 21.4 Å². The van der Waals surface area contributed by atoms with Gasteiger partial charge in [0, 0.05) is 5.41 Å². The van der Waals surface area contributed by atoms with Gasteiger partial charge < -0.3 is 5.11 Å². The second-order valence-corrected chi connectivity index (χ2v) is 9.04. The Bertz CT molecular complexity index is 913. The van der Waals surface area contributed by atoms with E-state index in [1.807, 2.05) is 0 Å². The molecule has 0 fully saturated rings. The van der Waals surface area contributed by atoms with Gasteiger partial charge in [0.15, 0.2) is 9.84 Å². The Morgan fingerprint density at radius 1 is 1.30 bits per heavy atom. The number of sulfone groups is 1. The van der Waals surface area contributed by atoms with E-state index in [1.54, 1.807) is 6.92 Å². The van der Waals surface area contributed by atoms with Crippen LogP contribution in [0.25, 0.3) is 5.57 Å². The first kappa shape index (κ1) is 21.2. The average Bonchev–Trinajstić information content (AvgIpc) is 2.60. The van der Waals surface area contributed by atoms with Crippen molar-refractivity contribution in [2.24, 2.45) is 11.3 Å². The first-order valence-corrected chi connectivity index (χ1v) is 10.0. The monoisotopic (exact) mass is 402 g/mol. The minimum Gasteiger partial charge on any atom is -0.481 e. The van der Waals surface area contributed by atoms with Gasteiger partial charge in [0.1, 0.15) is 0 Å². The van der Waals surface area contributed by atoms with Gasteiger partial charge in [-0.05, 0) is 29.7 Å². The highest BCUT2D eigenvalue weighted by atomic mass is 32.2. The van der Waals surface area contributed by atoms with Gasteiger partial charge in [-0.1, -0.05) is 45.0 Å². The zero-order valence-corrected chi connectivity index (χ0v) is 16.0.